The van der Waals surface area contributed by atoms with Gasteiger partial charge in [0.05, 0.1) is 21.3 Å². The molecule has 172 valence electrons. The van der Waals surface area contributed by atoms with Crippen LogP contribution in [0.2, 0.25) is 0 Å². The van der Waals surface area contributed by atoms with E-state index in [2.05, 4.69) is 45.1 Å². The highest BCUT2D eigenvalue weighted by atomic mass is 127. The molecule has 0 bridgehead atoms. The summed E-state index contributed by atoms with van der Waals surface area (Å²) in [5, 5.41) is 9.01. The maximum atomic E-state index is 5.45. The first-order chi connectivity index (χ1) is 14.6. The van der Waals surface area contributed by atoms with Crippen LogP contribution in [0.15, 0.2) is 34.6 Å². The second-order valence-corrected chi connectivity index (χ2v) is 8.31. The number of likely N-dealkylation sites (tertiary alicyclic amines) is 1. The second-order valence-electron chi connectivity index (χ2n) is 7.34. The molecule has 2 atom stereocenters. The molecule has 1 aromatic carbocycles. The maximum Gasteiger partial charge on any atom is 0.203 e. The van der Waals surface area contributed by atoms with Gasteiger partial charge in [-0.2, -0.15) is 0 Å². The fourth-order valence-corrected chi connectivity index (χ4v) is 5.06. The van der Waals surface area contributed by atoms with Crippen LogP contribution in [0.25, 0.3) is 0 Å². The number of guanidine groups is 1. The minimum absolute atomic E-state index is 0. The quantitative estimate of drug-likeness (QED) is 0.296. The first-order valence-corrected chi connectivity index (χ1v) is 11.0. The fourth-order valence-electron chi connectivity index (χ4n) is 4.08. The van der Waals surface area contributed by atoms with Crippen molar-refractivity contribution in [3.05, 3.63) is 34.5 Å². The molecule has 7 nitrogen and oxygen atoms in total. The van der Waals surface area contributed by atoms with Gasteiger partial charge < -0.3 is 24.8 Å². The Bertz CT molecular complexity index is 822. The molecular weight excluding hydrogens is 527 g/mol. The van der Waals surface area contributed by atoms with E-state index in [0.717, 1.165) is 18.8 Å². The number of benzene rings is 1. The Balaban J connectivity index is 0.00000341. The lowest BCUT2D eigenvalue weighted by molar-refractivity contribution is 0.125. The van der Waals surface area contributed by atoms with E-state index in [9.17, 15) is 0 Å². The SMILES string of the molecule is CN=C(NCC1CCCN(C)C1c1cccs1)Nc1cc(OC)c(OC)c(OC)c1.I. The molecular formula is C22H33IN4O3S. The molecule has 1 aliphatic heterocycles. The van der Waals surface area contributed by atoms with Crippen LogP contribution in [0.5, 0.6) is 17.2 Å². The van der Waals surface area contributed by atoms with Crippen molar-refractivity contribution in [3.8, 4) is 17.2 Å². The van der Waals surface area contributed by atoms with Crippen molar-refractivity contribution < 1.29 is 14.2 Å². The molecule has 0 amide bonds. The van der Waals surface area contributed by atoms with Crippen LogP contribution >= 0.6 is 35.3 Å². The Morgan fingerprint density at radius 3 is 2.45 bits per heavy atom. The summed E-state index contributed by atoms with van der Waals surface area (Å²) in [6.45, 7) is 1.98. The van der Waals surface area contributed by atoms with Crippen LogP contribution in [-0.4, -0.2) is 59.4 Å². The van der Waals surface area contributed by atoms with Crippen molar-refractivity contribution >= 4 is 47.0 Å². The van der Waals surface area contributed by atoms with E-state index >= 15 is 0 Å². The van der Waals surface area contributed by atoms with E-state index in [1.165, 1.54) is 17.7 Å². The minimum Gasteiger partial charge on any atom is -0.493 e. The average Bonchev–Trinajstić information content (AvgIpc) is 3.30. The summed E-state index contributed by atoms with van der Waals surface area (Å²) in [5.74, 6) is 2.99. The van der Waals surface area contributed by atoms with Gasteiger partial charge in [-0.3, -0.25) is 9.89 Å². The number of nitrogens with zero attached hydrogens (tertiary/aromatic N) is 2. The monoisotopic (exact) mass is 560 g/mol. The maximum absolute atomic E-state index is 5.45. The van der Waals surface area contributed by atoms with Gasteiger partial charge in [-0.1, -0.05) is 6.07 Å². The number of methoxy groups -OCH3 is 3. The zero-order valence-corrected chi connectivity index (χ0v) is 22.0. The van der Waals surface area contributed by atoms with Crippen molar-refractivity contribution in [1.29, 1.82) is 0 Å². The Morgan fingerprint density at radius 1 is 1.19 bits per heavy atom. The van der Waals surface area contributed by atoms with E-state index in [-0.39, 0.29) is 24.0 Å². The molecule has 1 aromatic heterocycles. The highest BCUT2D eigenvalue weighted by Gasteiger charge is 2.31. The molecule has 9 heteroatoms. The van der Waals surface area contributed by atoms with Crippen LogP contribution in [0.1, 0.15) is 23.8 Å². The number of ether oxygens (including phenoxy) is 3. The number of nitrogens with one attached hydrogen (secondary N) is 2. The molecule has 0 aliphatic carbocycles. The van der Waals surface area contributed by atoms with Gasteiger partial charge in [0, 0.05) is 42.3 Å². The van der Waals surface area contributed by atoms with E-state index < -0.39 is 0 Å². The van der Waals surface area contributed by atoms with E-state index in [4.69, 9.17) is 14.2 Å². The van der Waals surface area contributed by atoms with Gasteiger partial charge in [0.15, 0.2) is 17.5 Å². The molecule has 2 N–H and O–H groups in total. The first-order valence-electron chi connectivity index (χ1n) is 10.1. The van der Waals surface area contributed by atoms with Crippen LogP contribution in [0.3, 0.4) is 0 Å². The Hall–Kier alpha value is -1.72. The van der Waals surface area contributed by atoms with Crippen molar-refractivity contribution in [1.82, 2.24) is 10.2 Å². The molecule has 1 aliphatic rings. The lowest BCUT2D eigenvalue weighted by Gasteiger charge is -2.39. The summed E-state index contributed by atoms with van der Waals surface area (Å²) in [6, 6.07) is 8.56. The number of rotatable bonds is 7. The molecule has 3 rings (SSSR count). The van der Waals surface area contributed by atoms with E-state index in [1.807, 2.05) is 23.5 Å². The van der Waals surface area contributed by atoms with Gasteiger partial charge in [-0.05, 0) is 43.8 Å². The molecule has 2 heterocycles. The zero-order chi connectivity index (χ0) is 21.5. The van der Waals surface area contributed by atoms with Gasteiger partial charge >= 0.3 is 0 Å². The molecule has 1 fully saturated rings. The Morgan fingerprint density at radius 2 is 1.90 bits per heavy atom. The van der Waals surface area contributed by atoms with Gasteiger partial charge in [-0.15, -0.1) is 35.3 Å². The van der Waals surface area contributed by atoms with E-state index in [1.54, 1.807) is 28.4 Å². The topological polar surface area (TPSA) is 67.4 Å². The van der Waals surface area contributed by atoms with Crippen LogP contribution < -0.4 is 24.8 Å². The van der Waals surface area contributed by atoms with Crippen LogP contribution in [0, 0.1) is 5.92 Å². The largest absolute Gasteiger partial charge is 0.493 e. The molecule has 0 radical (unpaired) electrons. The number of hydrogen-bond donors (Lipinski definition) is 2. The third kappa shape index (κ3) is 6.17. The number of halogens is 1. The Labute approximate surface area is 206 Å². The fraction of sp³-hybridized carbons (Fsp3) is 0.500. The molecule has 31 heavy (non-hydrogen) atoms. The highest BCUT2D eigenvalue weighted by molar-refractivity contribution is 14.0. The standard InChI is InChI=1S/C22H32N4O3S.HI/c1-23-22(25-16-12-17(27-3)21(29-5)18(13-16)28-4)24-14-15-8-6-10-26(2)20(15)19-9-7-11-30-19;/h7,9,11-13,15,20H,6,8,10,14H2,1-5H3,(H2,23,24,25);1H. The average molecular weight is 561 g/mol. The Kier molecular flexibility index (Phi) is 10.2. The van der Waals surface area contributed by atoms with Crippen molar-refractivity contribution in [2.24, 2.45) is 10.9 Å². The summed E-state index contributed by atoms with van der Waals surface area (Å²) in [7, 11) is 8.81. The second kappa shape index (κ2) is 12.4. The first kappa shape index (κ1) is 25.5. The molecule has 2 aromatic rings. The normalized spacial score (nSPS) is 19.3. The predicted octanol–water partition coefficient (Wildman–Crippen LogP) is 4.46. The summed E-state index contributed by atoms with van der Waals surface area (Å²) < 4.78 is 16.3. The number of thiophene rings is 1. The van der Waals surface area contributed by atoms with Crippen LogP contribution in [0.4, 0.5) is 5.69 Å². The number of hydrogen-bond acceptors (Lipinski definition) is 6. The molecule has 0 spiro atoms. The van der Waals surface area contributed by atoms with Gasteiger partial charge in [0.25, 0.3) is 0 Å². The molecule has 1 saturated heterocycles. The zero-order valence-electron chi connectivity index (χ0n) is 18.8. The van der Waals surface area contributed by atoms with Gasteiger partial charge in [0.1, 0.15) is 0 Å². The summed E-state index contributed by atoms with van der Waals surface area (Å²) in [6.07, 6.45) is 2.41. The smallest absolute Gasteiger partial charge is 0.203 e. The molecule has 2 unspecified atom stereocenters. The number of anilines is 1. The lowest BCUT2D eigenvalue weighted by atomic mass is 9.88. The predicted molar refractivity (Wildman–Crippen MR) is 139 cm³/mol. The number of aliphatic imine (C=N–C) groups is 1. The van der Waals surface area contributed by atoms with Crippen molar-refractivity contribution in [2.75, 3.05) is 53.8 Å². The van der Waals surface area contributed by atoms with Crippen molar-refractivity contribution in [3.63, 3.8) is 0 Å². The van der Waals surface area contributed by atoms with Crippen LogP contribution in [-0.2, 0) is 0 Å². The highest BCUT2D eigenvalue weighted by Crippen LogP contribution is 2.40. The lowest BCUT2D eigenvalue weighted by Crippen LogP contribution is -2.42. The van der Waals surface area contributed by atoms with Gasteiger partial charge in [0.2, 0.25) is 5.75 Å². The molecule has 0 saturated carbocycles. The van der Waals surface area contributed by atoms with Crippen molar-refractivity contribution in [2.45, 2.75) is 18.9 Å². The third-order valence-electron chi connectivity index (χ3n) is 5.52. The van der Waals surface area contributed by atoms with E-state index in [0.29, 0.717) is 35.2 Å². The minimum atomic E-state index is 0. The van der Waals surface area contributed by atoms with Gasteiger partial charge in [-0.25, -0.2) is 0 Å². The number of piperidine rings is 1. The summed E-state index contributed by atoms with van der Waals surface area (Å²) in [4.78, 5) is 8.30. The summed E-state index contributed by atoms with van der Waals surface area (Å²) >= 11 is 1.84. The summed E-state index contributed by atoms with van der Waals surface area (Å²) in [5.41, 5.74) is 0.813. The third-order valence-corrected chi connectivity index (χ3v) is 6.47.